The fraction of sp³-hybridized carbons (Fsp3) is 0.333. The zero-order chi connectivity index (χ0) is 10.7. The van der Waals surface area contributed by atoms with Crippen LogP contribution in [0.2, 0.25) is 0 Å². The van der Waals surface area contributed by atoms with Crippen LogP contribution >= 0.6 is 0 Å². The average molecular weight is 203 g/mol. The van der Waals surface area contributed by atoms with Crippen LogP contribution in [-0.2, 0) is 6.54 Å². The maximum atomic E-state index is 3.39. The van der Waals surface area contributed by atoms with Gasteiger partial charge in [-0.15, -0.1) is 0 Å². The Morgan fingerprint density at radius 2 is 2.07 bits per heavy atom. The van der Waals surface area contributed by atoms with Gasteiger partial charge in [-0.1, -0.05) is 18.2 Å². The minimum atomic E-state index is 0.832. The second-order valence-corrected chi connectivity index (χ2v) is 3.73. The monoisotopic (exact) mass is 203 g/mol. The van der Waals surface area contributed by atoms with Crippen molar-refractivity contribution in [3.05, 3.63) is 35.5 Å². The summed E-state index contributed by atoms with van der Waals surface area (Å²) in [6, 6.07) is 8.42. The van der Waals surface area contributed by atoms with E-state index in [2.05, 4.69) is 46.8 Å². The van der Waals surface area contributed by atoms with E-state index in [0.29, 0.717) is 0 Å². The molecule has 0 saturated carbocycles. The van der Waals surface area contributed by atoms with Gasteiger partial charge in [0.15, 0.2) is 0 Å². The summed E-state index contributed by atoms with van der Waals surface area (Å²) in [4.78, 5) is 3.39. The normalized spacial score (nSPS) is 11.1. The second kappa shape index (κ2) is 4.47. The molecule has 0 unspecified atom stereocenters. The van der Waals surface area contributed by atoms with Gasteiger partial charge in [-0.2, -0.15) is 0 Å². The Balaban J connectivity index is 2.28. The summed E-state index contributed by atoms with van der Waals surface area (Å²) in [6.45, 7) is 3.85. The molecule has 0 bridgehead atoms. The summed E-state index contributed by atoms with van der Waals surface area (Å²) in [5.41, 5.74) is 3.83. The van der Waals surface area contributed by atoms with Crippen LogP contribution in [0.15, 0.2) is 24.3 Å². The molecule has 0 aliphatic heterocycles. The summed E-state index contributed by atoms with van der Waals surface area (Å²) < 4.78 is 0. The van der Waals surface area contributed by atoms with Crippen LogP contribution in [-0.4, -0.2) is 18.7 Å². The molecule has 0 amide bonds. The van der Waals surface area contributed by atoms with Gasteiger partial charge in [-0.05, 0) is 25.6 Å². The van der Waals surface area contributed by atoms with Crippen molar-refractivity contribution in [1.29, 1.82) is 0 Å². The summed E-state index contributed by atoms with van der Waals surface area (Å²) in [7, 11) is 1.94. The SMILES string of the molecule is CNCNCc1c(C)[nH]c2ccccc12. The third-order valence-electron chi connectivity index (χ3n) is 2.63. The van der Waals surface area contributed by atoms with E-state index < -0.39 is 0 Å². The molecule has 3 heteroatoms. The number of aromatic nitrogens is 1. The van der Waals surface area contributed by atoms with Crippen LogP contribution in [0, 0.1) is 6.92 Å². The molecule has 2 aromatic rings. The summed E-state index contributed by atoms with van der Waals surface area (Å²) in [5.74, 6) is 0. The molecule has 15 heavy (non-hydrogen) atoms. The van der Waals surface area contributed by atoms with Gasteiger partial charge >= 0.3 is 0 Å². The zero-order valence-corrected chi connectivity index (χ0v) is 9.22. The van der Waals surface area contributed by atoms with E-state index in [1.165, 1.54) is 22.2 Å². The van der Waals surface area contributed by atoms with E-state index in [0.717, 1.165) is 13.2 Å². The first-order valence-electron chi connectivity index (χ1n) is 5.24. The van der Waals surface area contributed by atoms with Gasteiger partial charge in [0.1, 0.15) is 0 Å². The smallest absolute Gasteiger partial charge is 0.0459 e. The topological polar surface area (TPSA) is 39.8 Å². The Morgan fingerprint density at radius 1 is 1.27 bits per heavy atom. The Bertz CT molecular complexity index is 445. The van der Waals surface area contributed by atoms with E-state index in [1.54, 1.807) is 0 Å². The molecule has 0 aliphatic rings. The highest BCUT2D eigenvalue weighted by molar-refractivity contribution is 5.84. The van der Waals surface area contributed by atoms with Crippen molar-refractivity contribution in [2.45, 2.75) is 13.5 Å². The van der Waals surface area contributed by atoms with Gasteiger partial charge in [0, 0.05) is 29.8 Å². The Hall–Kier alpha value is -1.32. The fourth-order valence-electron chi connectivity index (χ4n) is 1.88. The van der Waals surface area contributed by atoms with Crippen LogP contribution in [0.1, 0.15) is 11.3 Å². The van der Waals surface area contributed by atoms with E-state index in [1.807, 2.05) is 7.05 Å². The maximum absolute atomic E-state index is 3.39. The first-order valence-corrected chi connectivity index (χ1v) is 5.24. The van der Waals surface area contributed by atoms with Crippen molar-refractivity contribution < 1.29 is 0 Å². The van der Waals surface area contributed by atoms with Crippen molar-refractivity contribution in [2.24, 2.45) is 0 Å². The number of hydrogen-bond donors (Lipinski definition) is 3. The lowest BCUT2D eigenvalue weighted by Crippen LogP contribution is -2.25. The molecule has 80 valence electrons. The Kier molecular flexibility index (Phi) is 3.04. The highest BCUT2D eigenvalue weighted by atomic mass is 15.0. The number of rotatable bonds is 4. The molecule has 0 atom stereocenters. The highest BCUT2D eigenvalue weighted by Crippen LogP contribution is 2.21. The second-order valence-electron chi connectivity index (χ2n) is 3.73. The quantitative estimate of drug-likeness (QED) is 0.523. The van der Waals surface area contributed by atoms with Crippen molar-refractivity contribution in [2.75, 3.05) is 13.7 Å². The number of aromatic amines is 1. The van der Waals surface area contributed by atoms with Gasteiger partial charge in [0.25, 0.3) is 0 Å². The minimum absolute atomic E-state index is 0.832. The molecule has 0 saturated heterocycles. The molecule has 1 heterocycles. The Labute approximate surface area is 89.9 Å². The molecule has 2 rings (SSSR count). The van der Waals surface area contributed by atoms with E-state index in [9.17, 15) is 0 Å². The Morgan fingerprint density at radius 3 is 2.87 bits per heavy atom. The molecule has 1 aromatic carbocycles. The van der Waals surface area contributed by atoms with Gasteiger partial charge in [0.05, 0.1) is 0 Å². The van der Waals surface area contributed by atoms with Crippen LogP contribution in [0.5, 0.6) is 0 Å². The molecule has 3 nitrogen and oxygen atoms in total. The van der Waals surface area contributed by atoms with Gasteiger partial charge in [0.2, 0.25) is 0 Å². The third-order valence-corrected chi connectivity index (χ3v) is 2.63. The van der Waals surface area contributed by atoms with Gasteiger partial charge in [-0.25, -0.2) is 0 Å². The zero-order valence-electron chi connectivity index (χ0n) is 9.22. The molecule has 0 aliphatic carbocycles. The summed E-state index contributed by atoms with van der Waals surface area (Å²) >= 11 is 0. The van der Waals surface area contributed by atoms with E-state index in [4.69, 9.17) is 0 Å². The predicted octanol–water partition coefficient (Wildman–Crippen LogP) is 1.74. The molecule has 0 radical (unpaired) electrons. The van der Waals surface area contributed by atoms with E-state index in [-0.39, 0.29) is 0 Å². The number of hydrogen-bond acceptors (Lipinski definition) is 2. The molecular formula is C12H17N3. The third kappa shape index (κ3) is 2.03. The first kappa shape index (κ1) is 10.2. The summed E-state index contributed by atoms with van der Waals surface area (Å²) in [5, 5.41) is 7.73. The minimum Gasteiger partial charge on any atom is -0.358 e. The van der Waals surface area contributed by atoms with Gasteiger partial charge < -0.3 is 15.6 Å². The lowest BCUT2D eigenvalue weighted by atomic mass is 10.1. The van der Waals surface area contributed by atoms with Crippen LogP contribution in [0.3, 0.4) is 0 Å². The number of benzene rings is 1. The van der Waals surface area contributed by atoms with Crippen LogP contribution in [0.25, 0.3) is 10.9 Å². The average Bonchev–Trinajstić information content (AvgIpc) is 2.56. The lowest BCUT2D eigenvalue weighted by Gasteiger charge is -2.03. The van der Waals surface area contributed by atoms with Crippen molar-refractivity contribution in [1.82, 2.24) is 15.6 Å². The van der Waals surface area contributed by atoms with Crippen molar-refractivity contribution in [3.8, 4) is 0 Å². The molecule has 0 fully saturated rings. The number of fused-ring (bicyclic) bond motifs is 1. The van der Waals surface area contributed by atoms with Crippen molar-refractivity contribution in [3.63, 3.8) is 0 Å². The highest BCUT2D eigenvalue weighted by Gasteiger charge is 2.06. The lowest BCUT2D eigenvalue weighted by molar-refractivity contribution is 0.632. The predicted molar refractivity (Wildman–Crippen MR) is 63.8 cm³/mol. The maximum Gasteiger partial charge on any atom is 0.0459 e. The summed E-state index contributed by atoms with van der Waals surface area (Å²) in [6.07, 6.45) is 0. The number of nitrogens with one attached hydrogen (secondary N) is 3. The molecular weight excluding hydrogens is 186 g/mol. The number of H-pyrrole nitrogens is 1. The van der Waals surface area contributed by atoms with Crippen LogP contribution < -0.4 is 10.6 Å². The molecule has 3 N–H and O–H groups in total. The fourth-order valence-corrected chi connectivity index (χ4v) is 1.88. The van der Waals surface area contributed by atoms with E-state index >= 15 is 0 Å². The molecule has 0 spiro atoms. The number of aryl methyl sites for hydroxylation is 1. The van der Waals surface area contributed by atoms with Gasteiger partial charge in [-0.3, -0.25) is 0 Å². The standard InChI is InChI=1S/C12H17N3/c1-9-11(7-14-8-13-2)10-5-3-4-6-12(10)15-9/h3-6,13-15H,7-8H2,1-2H3. The molecule has 1 aromatic heterocycles. The van der Waals surface area contributed by atoms with Crippen LogP contribution in [0.4, 0.5) is 0 Å². The number of para-hydroxylation sites is 1. The largest absolute Gasteiger partial charge is 0.358 e. The van der Waals surface area contributed by atoms with Crippen molar-refractivity contribution >= 4 is 10.9 Å². The first-order chi connectivity index (χ1) is 7.33.